The Hall–Kier alpha value is -3.03. The van der Waals surface area contributed by atoms with Crippen LogP contribution in [-0.4, -0.2) is 20.9 Å². The van der Waals surface area contributed by atoms with E-state index >= 15 is 0 Å². The molecule has 0 saturated carbocycles. The molecule has 0 aliphatic rings. The summed E-state index contributed by atoms with van der Waals surface area (Å²) in [4.78, 5) is 27.1. The Kier molecular flexibility index (Phi) is 5.69. The highest BCUT2D eigenvalue weighted by Gasteiger charge is 2.10. The lowest BCUT2D eigenvalue weighted by atomic mass is 10.1. The number of hydrogen-bond donors (Lipinski definition) is 2. The van der Waals surface area contributed by atoms with Crippen LogP contribution in [-0.2, 0) is 13.1 Å². The third kappa shape index (κ3) is 4.70. The number of fused-ring (bicyclic) bond motifs is 1. The quantitative estimate of drug-likeness (QED) is 0.443. The van der Waals surface area contributed by atoms with E-state index in [-0.39, 0.29) is 11.2 Å². The molecule has 0 spiro atoms. The molecule has 6 nitrogen and oxygen atoms in total. The molecule has 1 aromatic carbocycles. The molecule has 0 atom stereocenters. The van der Waals surface area contributed by atoms with Crippen LogP contribution in [0.1, 0.15) is 26.5 Å². The minimum Gasteiger partial charge on any atom is -0.365 e. The number of benzene rings is 1. The van der Waals surface area contributed by atoms with Crippen molar-refractivity contribution in [2.75, 3.05) is 5.32 Å². The van der Waals surface area contributed by atoms with Crippen molar-refractivity contribution in [3.8, 4) is 0 Å². The van der Waals surface area contributed by atoms with Crippen molar-refractivity contribution >= 4 is 44.9 Å². The topological polar surface area (TPSA) is 79.8 Å². The van der Waals surface area contributed by atoms with E-state index in [0.717, 1.165) is 26.4 Å². The second kappa shape index (κ2) is 8.55. The fraction of sp³-hybridized carbons (Fsp3) is 0.143. The second-order valence-corrected chi connectivity index (χ2v) is 8.04. The number of amides is 1. The van der Waals surface area contributed by atoms with Gasteiger partial charge in [-0.15, -0.1) is 11.3 Å². The van der Waals surface area contributed by atoms with Crippen molar-refractivity contribution in [1.82, 2.24) is 20.3 Å². The lowest BCUT2D eigenvalue weighted by Gasteiger charge is -2.09. The molecule has 2 N–H and O–H groups in total. The van der Waals surface area contributed by atoms with Gasteiger partial charge >= 0.3 is 0 Å². The minimum absolute atomic E-state index is 0.131. The predicted molar refractivity (Wildman–Crippen MR) is 116 cm³/mol. The first kappa shape index (κ1) is 19.3. The number of thiophene rings is 1. The Morgan fingerprint density at radius 1 is 1.10 bits per heavy atom. The first-order valence-electron chi connectivity index (χ1n) is 9.03. The molecular formula is C21H18ClN5OS. The Morgan fingerprint density at radius 2 is 1.93 bits per heavy atom. The number of carbonyl (C=O) groups excluding carboxylic acids is 1. The van der Waals surface area contributed by atoms with Gasteiger partial charge < -0.3 is 10.6 Å². The molecule has 146 valence electrons. The smallest absolute Gasteiger partial charge is 0.251 e. The fourth-order valence-electron chi connectivity index (χ4n) is 2.89. The van der Waals surface area contributed by atoms with Gasteiger partial charge in [0.1, 0.15) is 10.6 Å². The molecule has 8 heteroatoms. The van der Waals surface area contributed by atoms with E-state index in [1.165, 1.54) is 0 Å². The monoisotopic (exact) mass is 423 g/mol. The van der Waals surface area contributed by atoms with Gasteiger partial charge in [-0.1, -0.05) is 18.2 Å². The zero-order valence-corrected chi connectivity index (χ0v) is 17.2. The van der Waals surface area contributed by atoms with E-state index in [9.17, 15) is 4.79 Å². The number of pyridine rings is 1. The lowest BCUT2D eigenvalue weighted by molar-refractivity contribution is 0.0950. The van der Waals surface area contributed by atoms with E-state index in [1.807, 2.05) is 55.5 Å². The van der Waals surface area contributed by atoms with Crippen molar-refractivity contribution in [1.29, 1.82) is 0 Å². The van der Waals surface area contributed by atoms with Gasteiger partial charge in [-0.05, 0) is 54.4 Å². The number of halogens is 1. The van der Waals surface area contributed by atoms with Crippen molar-refractivity contribution < 1.29 is 4.79 Å². The molecule has 0 unspecified atom stereocenters. The molecule has 29 heavy (non-hydrogen) atoms. The number of aromatic nitrogens is 3. The number of nitrogens with one attached hydrogen (secondary N) is 2. The highest BCUT2D eigenvalue weighted by Crippen LogP contribution is 2.29. The van der Waals surface area contributed by atoms with Crippen LogP contribution in [0, 0.1) is 6.92 Å². The van der Waals surface area contributed by atoms with E-state index in [1.54, 1.807) is 17.5 Å². The van der Waals surface area contributed by atoms with Gasteiger partial charge in [-0.2, -0.15) is 0 Å². The molecule has 0 fully saturated rings. The Labute approximate surface area is 177 Å². The Morgan fingerprint density at radius 3 is 2.69 bits per heavy atom. The molecule has 4 aromatic rings. The molecular weight excluding hydrogens is 406 g/mol. The Balaban J connectivity index is 1.39. The molecule has 0 bridgehead atoms. The van der Waals surface area contributed by atoms with Crippen LogP contribution >= 0.6 is 22.9 Å². The van der Waals surface area contributed by atoms with Crippen LogP contribution in [0.2, 0.25) is 5.28 Å². The maximum Gasteiger partial charge on any atom is 0.251 e. The van der Waals surface area contributed by atoms with E-state index in [4.69, 9.17) is 11.6 Å². The molecule has 0 radical (unpaired) electrons. The highest BCUT2D eigenvalue weighted by atomic mass is 35.5. The zero-order chi connectivity index (χ0) is 20.2. The number of aryl methyl sites for hydroxylation is 1. The van der Waals surface area contributed by atoms with Crippen molar-refractivity contribution in [3.63, 3.8) is 0 Å². The van der Waals surface area contributed by atoms with Gasteiger partial charge in [0.15, 0.2) is 0 Å². The third-order valence-electron chi connectivity index (χ3n) is 4.32. The van der Waals surface area contributed by atoms with Crippen LogP contribution in [0.25, 0.3) is 10.2 Å². The summed E-state index contributed by atoms with van der Waals surface area (Å²) in [5, 5.41) is 7.37. The van der Waals surface area contributed by atoms with E-state index < -0.39 is 0 Å². The van der Waals surface area contributed by atoms with Crippen LogP contribution < -0.4 is 10.6 Å². The normalized spacial score (nSPS) is 10.8. The van der Waals surface area contributed by atoms with Gasteiger partial charge in [0, 0.05) is 23.2 Å². The summed E-state index contributed by atoms with van der Waals surface area (Å²) < 4.78 is 0. The molecule has 4 rings (SSSR count). The summed E-state index contributed by atoms with van der Waals surface area (Å²) in [7, 11) is 0. The summed E-state index contributed by atoms with van der Waals surface area (Å²) >= 11 is 7.63. The van der Waals surface area contributed by atoms with Crippen LogP contribution in [0.15, 0.2) is 54.7 Å². The third-order valence-corrected chi connectivity index (χ3v) is 5.43. The lowest BCUT2D eigenvalue weighted by Crippen LogP contribution is -2.23. The van der Waals surface area contributed by atoms with Gasteiger partial charge in [-0.3, -0.25) is 9.78 Å². The predicted octanol–water partition coefficient (Wildman–Crippen LogP) is 4.59. The maximum absolute atomic E-state index is 12.3. The largest absolute Gasteiger partial charge is 0.365 e. The van der Waals surface area contributed by atoms with Crippen molar-refractivity contribution in [3.05, 3.63) is 81.7 Å². The van der Waals surface area contributed by atoms with Gasteiger partial charge in [0.05, 0.1) is 17.6 Å². The first-order valence-corrected chi connectivity index (χ1v) is 10.2. The number of anilines is 1. The van der Waals surface area contributed by atoms with Gasteiger partial charge in [0.25, 0.3) is 5.91 Å². The minimum atomic E-state index is -0.131. The first-order chi connectivity index (χ1) is 14.1. The highest BCUT2D eigenvalue weighted by molar-refractivity contribution is 7.18. The summed E-state index contributed by atoms with van der Waals surface area (Å²) in [6, 6.07) is 15.1. The SMILES string of the molecule is Cc1cc2c(NCc3ccc(C(=O)NCc4ccccn4)cc3)nc(Cl)nc2s1. The van der Waals surface area contributed by atoms with Gasteiger partial charge in [0.2, 0.25) is 5.28 Å². The molecule has 3 aromatic heterocycles. The van der Waals surface area contributed by atoms with E-state index in [0.29, 0.717) is 24.5 Å². The number of rotatable bonds is 6. The second-order valence-electron chi connectivity index (χ2n) is 6.47. The molecule has 0 saturated heterocycles. The Bertz CT molecular complexity index is 1150. The zero-order valence-electron chi connectivity index (χ0n) is 15.6. The average molecular weight is 424 g/mol. The van der Waals surface area contributed by atoms with E-state index in [2.05, 4.69) is 25.6 Å². The summed E-state index contributed by atoms with van der Waals surface area (Å²) in [6.07, 6.45) is 1.71. The molecule has 0 aliphatic carbocycles. The van der Waals surface area contributed by atoms with Crippen molar-refractivity contribution in [2.24, 2.45) is 0 Å². The number of nitrogens with zero attached hydrogens (tertiary/aromatic N) is 3. The van der Waals surface area contributed by atoms with Crippen molar-refractivity contribution in [2.45, 2.75) is 20.0 Å². The number of carbonyl (C=O) groups is 1. The van der Waals surface area contributed by atoms with Crippen LogP contribution in [0.3, 0.4) is 0 Å². The molecule has 3 heterocycles. The standard InChI is InChI=1S/C21H18ClN5OS/c1-13-10-17-18(26-21(22)27-20(17)29-13)24-11-14-5-7-15(8-6-14)19(28)25-12-16-4-2-3-9-23-16/h2-10H,11-12H2,1H3,(H,25,28)(H,24,26,27). The number of hydrogen-bond acceptors (Lipinski definition) is 6. The molecule has 0 aliphatic heterocycles. The average Bonchev–Trinajstić information content (AvgIpc) is 3.11. The van der Waals surface area contributed by atoms with Crippen LogP contribution in [0.4, 0.5) is 5.82 Å². The fourth-order valence-corrected chi connectivity index (χ4v) is 3.98. The molecule has 1 amide bonds. The maximum atomic E-state index is 12.3. The van der Waals surface area contributed by atoms with Gasteiger partial charge in [-0.25, -0.2) is 9.97 Å². The van der Waals surface area contributed by atoms with Crippen LogP contribution in [0.5, 0.6) is 0 Å². The summed E-state index contributed by atoms with van der Waals surface area (Å²) in [5.41, 5.74) is 2.45. The summed E-state index contributed by atoms with van der Waals surface area (Å²) in [5.74, 6) is 0.578. The summed E-state index contributed by atoms with van der Waals surface area (Å²) in [6.45, 7) is 2.99.